The lowest BCUT2D eigenvalue weighted by Crippen LogP contribution is -2.30. The Hall–Kier alpha value is -1.51. The van der Waals surface area contributed by atoms with Gasteiger partial charge in [0.2, 0.25) is 5.88 Å². The van der Waals surface area contributed by atoms with Crippen molar-refractivity contribution in [2.45, 2.75) is 26.4 Å². The SMILES string of the molecule is CCCNC(=S)n1nc(Oc2c(Cl)cc(C(F)(F)F)cc2Cl)cc1C. The van der Waals surface area contributed by atoms with Gasteiger partial charge in [-0.1, -0.05) is 30.1 Å². The number of hydrogen-bond acceptors (Lipinski definition) is 3. The van der Waals surface area contributed by atoms with Crippen molar-refractivity contribution in [1.29, 1.82) is 0 Å². The third kappa shape index (κ3) is 4.77. The number of nitrogens with one attached hydrogen (secondary N) is 1. The Labute approximate surface area is 157 Å². The summed E-state index contributed by atoms with van der Waals surface area (Å²) in [5.74, 6) is 0.00938. The van der Waals surface area contributed by atoms with E-state index in [1.54, 1.807) is 13.0 Å². The van der Waals surface area contributed by atoms with Crippen molar-refractivity contribution >= 4 is 40.5 Å². The van der Waals surface area contributed by atoms with Gasteiger partial charge in [-0.15, -0.1) is 5.10 Å². The molecular formula is C15H14Cl2F3N3OS. The first-order valence-electron chi connectivity index (χ1n) is 7.22. The molecule has 10 heteroatoms. The van der Waals surface area contributed by atoms with Gasteiger partial charge in [-0.05, 0) is 37.7 Å². The lowest BCUT2D eigenvalue weighted by molar-refractivity contribution is -0.137. The topological polar surface area (TPSA) is 39.1 Å². The van der Waals surface area contributed by atoms with Crippen molar-refractivity contribution in [1.82, 2.24) is 15.1 Å². The van der Waals surface area contributed by atoms with Crippen LogP contribution in [0, 0.1) is 6.92 Å². The maximum Gasteiger partial charge on any atom is 0.416 e. The van der Waals surface area contributed by atoms with Crippen LogP contribution in [0.15, 0.2) is 18.2 Å². The normalized spacial score (nSPS) is 11.5. The van der Waals surface area contributed by atoms with E-state index in [2.05, 4.69) is 10.4 Å². The van der Waals surface area contributed by atoms with E-state index in [0.29, 0.717) is 17.4 Å². The number of rotatable bonds is 4. The van der Waals surface area contributed by atoms with Gasteiger partial charge in [-0.25, -0.2) is 4.68 Å². The minimum absolute atomic E-state index is 0.103. The molecule has 0 aliphatic heterocycles. The van der Waals surface area contributed by atoms with Gasteiger partial charge in [0.25, 0.3) is 0 Å². The van der Waals surface area contributed by atoms with Crippen LogP contribution in [0.2, 0.25) is 10.0 Å². The van der Waals surface area contributed by atoms with Crippen molar-refractivity contribution < 1.29 is 17.9 Å². The molecule has 1 aromatic heterocycles. The summed E-state index contributed by atoms with van der Waals surface area (Å²) in [6.07, 6.45) is -3.66. The summed E-state index contributed by atoms with van der Waals surface area (Å²) in [5.41, 5.74) is -0.274. The van der Waals surface area contributed by atoms with E-state index in [4.69, 9.17) is 40.2 Å². The van der Waals surface area contributed by atoms with Gasteiger partial charge in [0, 0.05) is 18.3 Å². The van der Waals surface area contributed by atoms with Crippen LogP contribution in [0.5, 0.6) is 11.6 Å². The van der Waals surface area contributed by atoms with Gasteiger partial charge in [0.05, 0.1) is 15.6 Å². The second-order valence-corrected chi connectivity index (χ2v) is 6.34. The Kier molecular flexibility index (Phi) is 6.18. The van der Waals surface area contributed by atoms with Crippen LogP contribution < -0.4 is 10.1 Å². The predicted molar refractivity (Wildman–Crippen MR) is 94.8 cm³/mol. The Bertz CT molecular complexity index is 770. The minimum atomic E-state index is -4.55. The van der Waals surface area contributed by atoms with Crippen molar-refractivity contribution in [3.05, 3.63) is 39.5 Å². The van der Waals surface area contributed by atoms with E-state index in [-0.39, 0.29) is 21.7 Å². The van der Waals surface area contributed by atoms with Gasteiger partial charge in [-0.2, -0.15) is 13.2 Å². The standard InChI is InChI=1S/C15H14Cl2F3N3OS/c1-3-4-21-14(25)23-8(2)5-12(22-23)24-13-10(16)6-9(7-11(13)17)15(18,19)20/h5-7H,3-4H2,1-2H3,(H,21,25). The molecule has 0 radical (unpaired) electrons. The maximum absolute atomic E-state index is 12.8. The number of ether oxygens (including phenoxy) is 1. The molecule has 1 aromatic carbocycles. The lowest BCUT2D eigenvalue weighted by atomic mass is 10.2. The molecule has 0 aliphatic rings. The Balaban J connectivity index is 2.27. The molecule has 0 amide bonds. The second kappa shape index (κ2) is 7.80. The molecule has 2 aromatic rings. The predicted octanol–water partition coefficient (Wildman–Crippen LogP) is 5.44. The fraction of sp³-hybridized carbons (Fsp3) is 0.333. The number of aryl methyl sites for hydroxylation is 1. The highest BCUT2D eigenvalue weighted by atomic mass is 35.5. The summed E-state index contributed by atoms with van der Waals surface area (Å²) >= 11 is 17.0. The molecule has 25 heavy (non-hydrogen) atoms. The largest absolute Gasteiger partial charge is 0.434 e. The fourth-order valence-corrected chi connectivity index (χ4v) is 2.79. The summed E-state index contributed by atoms with van der Waals surface area (Å²) in [4.78, 5) is 0. The lowest BCUT2D eigenvalue weighted by Gasteiger charge is -2.12. The Morgan fingerprint density at radius 3 is 2.40 bits per heavy atom. The number of alkyl halides is 3. The van der Waals surface area contributed by atoms with Crippen LogP contribution in [-0.2, 0) is 6.18 Å². The minimum Gasteiger partial charge on any atom is -0.434 e. The molecule has 0 bridgehead atoms. The van der Waals surface area contributed by atoms with Gasteiger partial charge >= 0.3 is 6.18 Å². The number of halogens is 5. The molecular weight excluding hydrogens is 398 g/mol. The van der Waals surface area contributed by atoms with Gasteiger partial charge in [-0.3, -0.25) is 0 Å². The zero-order valence-corrected chi connectivity index (χ0v) is 15.6. The van der Waals surface area contributed by atoms with Crippen LogP contribution >= 0.6 is 35.4 Å². The fourth-order valence-electron chi connectivity index (χ4n) is 1.93. The smallest absolute Gasteiger partial charge is 0.416 e. The van der Waals surface area contributed by atoms with Crippen LogP contribution in [-0.4, -0.2) is 21.4 Å². The molecule has 0 saturated heterocycles. The van der Waals surface area contributed by atoms with Gasteiger partial charge in [0.15, 0.2) is 10.9 Å². The second-order valence-electron chi connectivity index (χ2n) is 5.14. The molecule has 0 aliphatic carbocycles. The molecule has 0 saturated carbocycles. The van der Waals surface area contributed by atoms with Crippen molar-refractivity contribution in [3.8, 4) is 11.6 Å². The van der Waals surface area contributed by atoms with E-state index in [1.807, 2.05) is 6.92 Å². The number of nitrogens with zero attached hydrogens (tertiary/aromatic N) is 2. The third-order valence-electron chi connectivity index (χ3n) is 3.12. The van der Waals surface area contributed by atoms with Crippen LogP contribution in [0.3, 0.4) is 0 Å². The highest BCUT2D eigenvalue weighted by Gasteiger charge is 2.32. The molecule has 0 spiro atoms. The first kappa shape index (κ1) is 19.8. The average Bonchev–Trinajstić information content (AvgIpc) is 2.88. The molecule has 2 rings (SSSR count). The van der Waals surface area contributed by atoms with E-state index < -0.39 is 11.7 Å². The van der Waals surface area contributed by atoms with Crippen molar-refractivity contribution in [3.63, 3.8) is 0 Å². The van der Waals surface area contributed by atoms with E-state index in [0.717, 1.165) is 18.6 Å². The average molecular weight is 412 g/mol. The summed E-state index contributed by atoms with van der Waals surface area (Å²) < 4.78 is 45.2. The van der Waals surface area contributed by atoms with Crippen LogP contribution in [0.25, 0.3) is 0 Å². The molecule has 1 heterocycles. The number of thiocarbonyl (C=S) groups is 1. The van der Waals surface area contributed by atoms with Crippen LogP contribution in [0.4, 0.5) is 13.2 Å². The number of benzene rings is 1. The zero-order chi connectivity index (χ0) is 18.8. The molecule has 0 fully saturated rings. The van der Waals surface area contributed by atoms with Crippen LogP contribution in [0.1, 0.15) is 24.6 Å². The summed E-state index contributed by atoms with van der Waals surface area (Å²) in [5, 5.41) is 7.03. The zero-order valence-electron chi connectivity index (χ0n) is 13.2. The maximum atomic E-state index is 12.8. The van der Waals surface area contributed by atoms with Gasteiger partial charge < -0.3 is 10.1 Å². The number of aromatic nitrogens is 2. The molecule has 0 atom stereocenters. The van der Waals surface area contributed by atoms with Gasteiger partial charge in [0.1, 0.15) is 0 Å². The monoisotopic (exact) mass is 411 g/mol. The molecule has 0 unspecified atom stereocenters. The summed E-state index contributed by atoms with van der Waals surface area (Å²) in [7, 11) is 0. The molecule has 1 N–H and O–H groups in total. The van der Waals surface area contributed by atoms with Crippen molar-refractivity contribution in [2.75, 3.05) is 6.54 Å². The highest BCUT2D eigenvalue weighted by Crippen LogP contribution is 2.41. The Morgan fingerprint density at radius 1 is 1.28 bits per heavy atom. The summed E-state index contributed by atoms with van der Waals surface area (Å²) in [6.45, 7) is 4.44. The first-order chi connectivity index (χ1) is 11.6. The quantitative estimate of drug-likeness (QED) is 0.679. The van der Waals surface area contributed by atoms with E-state index >= 15 is 0 Å². The van der Waals surface area contributed by atoms with Crippen molar-refractivity contribution in [2.24, 2.45) is 0 Å². The Morgan fingerprint density at radius 2 is 1.88 bits per heavy atom. The third-order valence-corrected chi connectivity index (χ3v) is 3.99. The molecule has 136 valence electrons. The number of hydrogen-bond donors (Lipinski definition) is 1. The summed E-state index contributed by atoms with van der Waals surface area (Å²) in [6, 6.07) is 3.07. The highest BCUT2D eigenvalue weighted by molar-refractivity contribution is 7.80. The first-order valence-corrected chi connectivity index (χ1v) is 8.38. The molecule has 4 nitrogen and oxygen atoms in total. The van der Waals surface area contributed by atoms with E-state index in [9.17, 15) is 13.2 Å². The van der Waals surface area contributed by atoms with E-state index in [1.165, 1.54) is 4.68 Å².